The zero-order valence-electron chi connectivity index (χ0n) is 21.4. The van der Waals surface area contributed by atoms with Gasteiger partial charge in [-0.15, -0.1) is 0 Å². The highest BCUT2D eigenvalue weighted by Crippen LogP contribution is 2.32. The molecule has 0 saturated heterocycles. The van der Waals surface area contributed by atoms with Crippen molar-refractivity contribution in [2.24, 2.45) is 7.05 Å². The van der Waals surface area contributed by atoms with E-state index in [-0.39, 0.29) is 23.3 Å². The van der Waals surface area contributed by atoms with Gasteiger partial charge >= 0.3 is 0 Å². The van der Waals surface area contributed by atoms with Gasteiger partial charge in [0.25, 0.3) is 5.56 Å². The lowest BCUT2D eigenvalue weighted by Gasteiger charge is -2.22. The summed E-state index contributed by atoms with van der Waals surface area (Å²) < 4.78 is 3.57. The van der Waals surface area contributed by atoms with Crippen LogP contribution in [0.5, 0.6) is 0 Å². The van der Waals surface area contributed by atoms with Crippen molar-refractivity contribution in [3.05, 3.63) is 89.2 Å². The van der Waals surface area contributed by atoms with Gasteiger partial charge < -0.3 is 9.88 Å². The summed E-state index contributed by atoms with van der Waals surface area (Å²) in [5.41, 5.74) is 4.92. The molecular formula is C31H30N4O2S. The molecule has 3 aromatic carbocycles. The molecule has 7 heteroatoms. The van der Waals surface area contributed by atoms with Crippen molar-refractivity contribution < 1.29 is 4.79 Å². The van der Waals surface area contributed by atoms with E-state index in [1.165, 1.54) is 18.2 Å². The molecule has 2 aromatic heterocycles. The number of aromatic nitrogens is 3. The van der Waals surface area contributed by atoms with E-state index in [9.17, 15) is 9.59 Å². The molecule has 1 saturated carbocycles. The van der Waals surface area contributed by atoms with Crippen molar-refractivity contribution >= 4 is 39.6 Å². The largest absolute Gasteiger partial charge is 0.353 e. The molecule has 1 aliphatic rings. The molecule has 0 unspecified atom stereocenters. The van der Waals surface area contributed by atoms with Crippen molar-refractivity contribution in [3.63, 3.8) is 0 Å². The van der Waals surface area contributed by atoms with Gasteiger partial charge in [0.1, 0.15) is 11.0 Å². The number of hydrogen-bond acceptors (Lipinski definition) is 4. The fourth-order valence-electron chi connectivity index (χ4n) is 5.48. The van der Waals surface area contributed by atoms with Crippen LogP contribution in [0.1, 0.15) is 32.1 Å². The number of fused-ring (bicyclic) bond motifs is 3. The third kappa shape index (κ3) is 4.63. The molecule has 0 radical (unpaired) electrons. The number of thioether (sulfide) groups is 1. The molecule has 38 heavy (non-hydrogen) atoms. The highest BCUT2D eigenvalue weighted by atomic mass is 32.2. The topological polar surface area (TPSA) is 68.9 Å². The van der Waals surface area contributed by atoms with Crippen LogP contribution in [-0.4, -0.2) is 31.8 Å². The Morgan fingerprint density at radius 3 is 2.39 bits per heavy atom. The van der Waals surface area contributed by atoms with Crippen LogP contribution in [0.25, 0.3) is 38.8 Å². The summed E-state index contributed by atoms with van der Waals surface area (Å²) in [4.78, 5) is 31.9. The summed E-state index contributed by atoms with van der Waals surface area (Å²) in [6, 6.07) is 26.2. The molecule has 1 fully saturated rings. The second-order valence-electron chi connectivity index (χ2n) is 9.92. The van der Waals surface area contributed by atoms with Gasteiger partial charge in [-0.05, 0) is 48.2 Å². The number of rotatable bonds is 6. The maximum atomic E-state index is 14.0. The Bertz CT molecular complexity index is 1670. The van der Waals surface area contributed by atoms with Crippen molar-refractivity contribution in [2.75, 3.05) is 5.75 Å². The number of carbonyl (C=O) groups is 1. The van der Waals surface area contributed by atoms with Gasteiger partial charge in [0, 0.05) is 18.5 Å². The Labute approximate surface area is 225 Å². The summed E-state index contributed by atoms with van der Waals surface area (Å²) >= 11 is 1.32. The van der Waals surface area contributed by atoms with Gasteiger partial charge in [-0.1, -0.05) is 85.6 Å². The van der Waals surface area contributed by atoms with Crippen molar-refractivity contribution in [1.29, 1.82) is 0 Å². The zero-order valence-corrected chi connectivity index (χ0v) is 22.2. The fourth-order valence-corrected chi connectivity index (χ4v) is 6.30. The first-order valence-corrected chi connectivity index (χ1v) is 14.2. The van der Waals surface area contributed by atoms with Crippen molar-refractivity contribution in [1.82, 2.24) is 19.4 Å². The number of benzene rings is 3. The highest BCUT2D eigenvalue weighted by Gasteiger charge is 2.21. The Morgan fingerprint density at radius 1 is 0.947 bits per heavy atom. The van der Waals surface area contributed by atoms with Gasteiger partial charge in [-0.3, -0.25) is 14.2 Å². The molecule has 2 heterocycles. The van der Waals surface area contributed by atoms with E-state index in [1.54, 1.807) is 4.57 Å². The lowest BCUT2D eigenvalue weighted by atomic mass is 9.95. The summed E-state index contributed by atoms with van der Waals surface area (Å²) in [5.74, 6) is 0.196. The van der Waals surface area contributed by atoms with Crippen molar-refractivity contribution in [3.8, 4) is 16.8 Å². The van der Waals surface area contributed by atoms with E-state index in [2.05, 4.69) is 35.6 Å². The minimum Gasteiger partial charge on any atom is -0.353 e. The zero-order chi connectivity index (χ0) is 26.1. The lowest BCUT2D eigenvalue weighted by molar-refractivity contribution is -0.119. The van der Waals surface area contributed by atoms with Crippen LogP contribution in [0.3, 0.4) is 0 Å². The molecule has 0 aliphatic heterocycles. The molecule has 1 aliphatic carbocycles. The number of amides is 1. The minimum absolute atomic E-state index is 0.0138. The highest BCUT2D eigenvalue weighted by molar-refractivity contribution is 7.99. The third-order valence-corrected chi connectivity index (χ3v) is 8.34. The van der Waals surface area contributed by atoms with Crippen LogP contribution in [0.2, 0.25) is 0 Å². The van der Waals surface area contributed by atoms with Crippen LogP contribution in [0.4, 0.5) is 0 Å². The Hall–Kier alpha value is -3.84. The first-order chi connectivity index (χ1) is 18.6. The van der Waals surface area contributed by atoms with E-state index in [0.29, 0.717) is 16.2 Å². The van der Waals surface area contributed by atoms with Crippen molar-refractivity contribution in [2.45, 2.75) is 43.3 Å². The van der Waals surface area contributed by atoms with Crippen LogP contribution >= 0.6 is 11.8 Å². The smallest absolute Gasteiger partial charge is 0.283 e. The van der Waals surface area contributed by atoms with Gasteiger partial charge in [0.05, 0.1) is 17.0 Å². The van der Waals surface area contributed by atoms with E-state index in [1.807, 2.05) is 60.1 Å². The molecule has 0 atom stereocenters. The molecule has 1 N–H and O–H groups in total. The maximum Gasteiger partial charge on any atom is 0.283 e. The van der Waals surface area contributed by atoms with Crippen LogP contribution in [0.15, 0.2) is 88.8 Å². The van der Waals surface area contributed by atoms with Crippen LogP contribution in [-0.2, 0) is 11.8 Å². The standard InChI is InChI=1S/C31H30N4O2S/c1-34-26-18-17-22(21-11-5-2-6-12-21)19-25(26)28-29(34)30(37)35(24-15-9-4-10-16-24)31(33-28)38-20-27(36)32-23-13-7-3-8-14-23/h2,4-6,9-12,15-19,23H,3,7-8,13-14,20H2,1H3,(H,32,36). The van der Waals surface area contributed by atoms with E-state index < -0.39 is 0 Å². The Kier molecular flexibility index (Phi) is 6.77. The van der Waals surface area contributed by atoms with E-state index in [4.69, 9.17) is 4.98 Å². The minimum atomic E-state index is -0.142. The Balaban J connectivity index is 1.45. The molecule has 6 nitrogen and oxygen atoms in total. The first-order valence-electron chi connectivity index (χ1n) is 13.2. The normalized spacial score (nSPS) is 14.2. The van der Waals surface area contributed by atoms with E-state index in [0.717, 1.165) is 53.4 Å². The fraction of sp³-hybridized carbons (Fsp3) is 0.258. The van der Waals surface area contributed by atoms with Gasteiger partial charge in [-0.25, -0.2) is 4.98 Å². The molecule has 1 amide bonds. The summed E-state index contributed by atoms with van der Waals surface area (Å²) in [6.45, 7) is 0. The Morgan fingerprint density at radius 2 is 1.66 bits per heavy atom. The quantitative estimate of drug-likeness (QED) is 0.217. The number of nitrogens with one attached hydrogen (secondary N) is 1. The van der Waals surface area contributed by atoms with Gasteiger partial charge in [0.15, 0.2) is 5.16 Å². The predicted octanol–water partition coefficient (Wildman–Crippen LogP) is 6.09. The summed E-state index contributed by atoms with van der Waals surface area (Å²) in [7, 11) is 1.91. The SMILES string of the molecule is Cn1c2ccc(-c3ccccc3)cc2c2nc(SCC(=O)NC3CCCCC3)n(-c3ccccc3)c(=O)c21. The monoisotopic (exact) mass is 522 g/mol. The van der Waals surface area contributed by atoms with Gasteiger partial charge in [-0.2, -0.15) is 0 Å². The molecule has 192 valence electrons. The van der Waals surface area contributed by atoms with E-state index >= 15 is 0 Å². The first kappa shape index (κ1) is 24.5. The number of para-hydroxylation sites is 1. The molecule has 0 spiro atoms. The maximum absolute atomic E-state index is 14.0. The molecule has 0 bridgehead atoms. The average molecular weight is 523 g/mol. The van der Waals surface area contributed by atoms with Crippen LogP contribution in [0, 0.1) is 0 Å². The average Bonchev–Trinajstić information content (AvgIpc) is 3.24. The molecule has 6 rings (SSSR count). The van der Waals surface area contributed by atoms with Gasteiger partial charge in [0.2, 0.25) is 5.91 Å². The second kappa shape index (κ2) is 10.5. The van der Waals surface area contributed by atoms with Crippen LogP contribution < -0.4 is 10.9 Å². The summed E-state index contributed by atoms with van der Waals surface area (Å²) in [6.07, 6.45) is 5.64. The number of hydrogen-bond donors (Lipinski definition) is 1. The second-order valence-corrected chi connectivity index (χ2v) is 10.9. The number of nitrogens with zero attached hydrogens (tertiary/aromatic N) is 3. The molecule has 5 aromatic rings. The predicted molar refractivity (Wildman–Crippen MR) is 155 cm³/mol. The third-order valence-electron chi connectivity index (χ3n) is 7.40. The number of aryl methyl sites for hydroxylation is 1. The summed E-state index contributed by atoms with van der Waals surface area (Å²) in [5, 5.41) is 4.62. The number of carbonyl (C=O) groups excluding carboxylic acids is 1. The lowest BCUT2D eigenvalue weighted by Crippen LogP contribution is -2.37. The molecular weight excluding hydrogens is 492 g/mol.